The topological polar surface area (TPSA) is 3.24 Å². The number of rotatable bonds is 4. The Kier molecular flexibility index (Phi) is 5.42. The molecule has 1 fully saturated rings. The predicted molar refractivity (Wildman–Crippen MR) is 63.0 cm³/mol. The average molecular weight is 261 g/mol. The summed E-state index contributed by atoms with van der Waals surface area (Å²) in [6.45, 7) is 3.59. The number of halogens is 3. The molecule has 0 N–H and O–H groups in total. The van der Waals surface area contributed by atoms with Crippen molar-refractivity contribution in [2.75, 3.05) is 19.6 Å². The molecule has 1 nitrogen and oxygen atoms in total. The molecule has 1 heterocycles. The van der Waals surface area contributed by atoms with Crippen molar-refractivity contribution in [1.82, 2.24) is 4.90 Å². The maximum atomic E-state index is 5.80. The van der Waals surface area contributed by atoms with Crippen LogP contribution in [0.5, 0.6) is 0 Å². The fourth-order valence-corrected chi connectivity index (χ4v) is 3.45. The smallest absolute Gasteiger partial charge is 0.303 e. The zero-order chi connectivity index (χ0) is 9.73. The molecule has 1 rings (SSSR count). The van der Waals surface area contributed by atoms with Crippen molar-refractivity contribution >= 4 is 39.2 Å². The van der Waals surface area contributed by atoms with Crippen LogP contribution < -0.4 is 0 Å². The fraction of sp³-hybridized carbons (Fsp3) is 1.00. The van der Waals surface area contributed by atoms with Gasteiger partial charge in [-0.3, -0.25) is 0 Å². The van der Waals surface area contributed by atoms with Gasteiger partial charge in [0.25, 0.3) is 0 Å². The fourth-order valence-electron chi connectivity index (χ4n) is 1.69. The zero-order valence-electron chi connectivity index (χ0n) is 7.74. The van der Waals surface area contributed by atoms with Gasteiger partial charge in [-0.2, -0.15) is 0 Å². The summed E-state index contributed by atoms with van der Waals surface area (Å²) in [5.74, 6) is 0. The highest BCUT2D eigenvalue weighted by molar-refractivity contribution is 7.64. The molecule has 1 aliphatic rings. The van der Waals surface area contributed by atoms with E-state index in [9.17, 15) is 0 Å². The maximum absolute atomic E-state index is 5.80. The molecule has 1 aliphatic heterocycles. The second kappa shape index (κ2) is 5.81. The molecule has 0 aromatic carbocycles. The van der Waals surface area contributed by atoms with E-state index >= 15 is 0 Å². The summed E-state index contributed by atoms with van der Waals surface area (Å²) in [4.78, 5) is 2.48. The van der Waals surface area contributed by atoms with Crippen molar-refractivity contribution in [2.45, 2.75) is 31.7 Å². The molecule has 0 saturated carbocycles. The quantitative estimate of drug-likeness (QED) is 0.552. The van der Waals surface area contributed by atoms with Crippen LogP contribution in [0.25, 0.3) is 0 Å². The number of hydrogen-bond acceptors (Lipinski definition) is 1. The minimum Gasteiger partial charge on any atom is -0.303 e. The van der Waals surface area contributed by atoms with Gasteiger partial charge in [-0.1, -0.05) is 6.42 Å². The Morgan fingerprint density at radius 1 is 1.00 bits per heavy atom. The largest absolute Gasteiger partial charge is 0.341 e. The van der Waals surface area contributed by atoms with Gasteiger partial charge >= 0.3 is 6.00 Å². The van der Waals surface area contributed by atoms with Crippen molar-refractivity contribution in [1.29, 1.82) is 0 Å². The third-order valence-electron chi connectivity index (χ3n) is 2.38. The lowest BCUT2D eigenvalue weighted by Crippen LogP contribution is -2.31. The van der Waals surface area contributed by atoms with E-state index in [1.54, 1.807) is 0 Å². The Morgan fingerprint density at radius 3 is 2.15 bits per heavy atom. The van der Waals surface area contributed by atoms with Crippen LogP contribution in [0.1, 0.15) is 25.7 Å². The Balaban J connectivity index is 2.04. The first-order valence-electron chi connectivity index (χ1n) is 4.87. The third-order valence-corrected chi connectivity index (χ3v) is 5.00. The monoisotopic (exact) mass is 259 g/mol. The van der Waals surface area contributed by atoms with E-state index in [1.165, 1.54) is 32.4 Å². The van der Waals surface area contributed by atoms with Gasteiger partial charge in [0.15, 0.2) is 0 Å². The third kappa shape index (κ3) is 6.18. The second-order valence-corrected chi connectivity index (χ2v) is 12.9. The molecule has 0 aliphatic carbocycles. The van der Waals surface area contributed by atoms with Crippen LogP contribution >= 0.6 is 33.2 Å². The first-order valence-corrected chi connectivity index (χ1v) is 10.1. The Labute approximate surface area is 95.5 Å². The van der Waals surface area contributed by atoms with Crippen molar-refractivity contribution in [3.63, 3.8) is 0 Å². The molecule has 1 saturated heterocycles. The van der Waals surface area contributed by atoms with Crippen LogP contribution in [-0.2, 0) is 0 Å². The number of piperidine rings is 1. The van der Waals surface area contributed by atoms with Crippen molar-refractivity contribution < 1.29 is 0 Å². The standard InChI is InChI=1S/C8H16Cl3NSi/c9-13(10,11)8-4-7-12-5-2-1-3-6-12/h1-8H2. The summed E-state index contributed by atoms with van der Waals surface area (Å²) in [7, 11) is 0. The van der Waals surface area contributed by atoms with E-state index in [1.807, 2.05) is 0 Å². The lowest BCUT2D eigenvalue weighted by atomic mass is 10.1. The van der Waals surface area contributed by atoms with Gasteiger partial charge in [0, 0.05) is 0 Å². The molecule has 0 aromatic rings. The molecule has 0 spiro atoms. The Bertz CT molecular complexity index is 143. The van der Waals surface area contributed by atoms with Gasteiger partial charge < -0.3 is 4.90 Å². The highest BCUT2D eigenvalue weighted by Gasteiger charge is 2.24. The Hall–Kier alpha value is 1.05. The summed E-state index contributed by atoms with van der Waals surface area (Å²) in [5.41, 5.74) is 0. The first-order chi connectivity index (χ1) is 6.08. The number of likely N-dealkylation sites (tertiary alicyclic amines) is 1. The van der Waals surface area contributed by atoms with Crippen LogP contribution in [0.4, 0.5) is 0 Å². The predicted octanol–water partition coefficient (Wildman–Crippen LogP) is 3.52. The summed E-state index contributed by atoms with van der Waals surface area (Å²) in [6, 6.07) is -1.55. The molecular weight excluding hydrogens is 245 g/mol. The van der Waals surface area contributed by atoms with E-state index in [-0.39, 0.29) is 0 Å². The van der Waals surface area contributed by atoms with Gasteiger partial charge in [-0.25, -0.2) is 0 Å². The van der Waals surface area contributed by atoms with E-state index in [0.29, 0.717) is 0 Å². The molecule has 0 radical (unpaired) electrons. The van der Waals surface area contributed by atoms with Crippen molar-refractivity contribution in [3.8, 4) is 0 Å². The molecule has 5 heteroatoms. The lowest BCUT2D eigenvalue weighted by Gasteiger charge is -2.26. The average Bonchev–Trinajstić information content (AvgIpc) is 2.04. The number of nitrogens with zero attached hydrogens (tertiary/aromatic N) is 1. The van der Waals surface area contributed by atoms with E-state index < -0.39 is 6.00 Å². The van der Waals surface area contributed by atoms with Crippen LogP contribution in [0, 0.1) is 0 Å². The second-order valence-electron chi connectivity index (χ2n) is 3.62. The highest BCUT2D eigenvalue weighted by Crippen LogP contribution is 2.26. The molecular formula is C8H16Cl3NSi. The van der Waals surface area contributed by atoms with Gasteiger partial charge in [0.1, 0.15) is 0 Å². The molecule has 13 heavy (non-hydrogen) atoms. The Morgan fingerprint density at radius 2 is 1.62 bits per heavy atom. The van der Waals surface area contributed by atoms with Crippen LogP contribution in [0.2, 0.25) is 6.04 Å². The molecule has 0 amide bonds. The molecule has 0 aromatic heterocycles. The zero-order valence-corrected chi connectivity index (χ0v) is 11.0. The van der Waals surface area contributed by atoms with Gasteiger partial charge in [-0.15, -0.1) is 33.2 Å². The van der Waals surface area contributed by atoms with Gasteiger partial charge in [0.2, 0.25) is 0 Å². The number of hydrogen-bond donors (Lipinski definition) is 0. The van der Waals surface area contributed by atoms with Gasteiger partial charge in [-0.05, 0) is 44.9 Å². The molecule has 78 valence electrons. The van der Waals surface area contributed by atoms with Crippen molar-refractivity contribution in [3.05, 3.63) is 0 Å². The molecule has 0 atom stereocenters. The van der Waals surface area contributed by atoms with Crippen LogP contribution in [0.3, 0.4) is 0 Å². The normalized spacial score (nSPS) is 20.5. The van der Waals surface area contributed by atoms with E-state index in [0.717, 1.165) is 19.0 Å². The van der Waals surface area contributed by atoms with Gasteiger partial charge in [0.05, 0.1) is 0 Å². The minimum absolute atomic E-state index is 0.800. The van der Waals surface area contributed by atoms with E-state index in [4.69, 9.17) is 33.2 Å². The van der Waals surface area contributed by atoms with E-state index in [2.05, 4.69) is 4.90 Å². The summed E-state index contributed by atoms with van der Waals surface area (Å²) < 4.78 is 0. The van der Waals surface area contributed by atoms with Crippen LogP contribution in [0.15, 0.2) is 0 Å². The lowest BCUT2D eigenvalue weighted by molar-refractivity contribution is 0.229. The van der Waals surface area contributed by atoms with Crippen molar-refractivity contribution in [2.24, 2.45) is 0 Å². The summed E-state index contributed by atoms with van der Waals surface area (Å²) in [6.07, 6.45) is 5.11. The summed E-state index contributed by atoms with van der Waals surface area (Å²) >= 11 is 17.4. The van der Waals surface area contributed by atoms with Crippen LogP contribution in [-0.4, -0.2) is 30.5 Å². The SMILES string of the molecule is Cl[Si](Cl)(Cl)CCCN1CCCCC1. The summed E-state index contributed by atoms with van der Waals surface area (Å²) in [5, 5.41) is 0. The minimum atomic E-state index is -2.35. The molecule has 0 bridgehead atoms. The maximum Gasteiger partial charge on any atom is 0.341 e. The first kappa shape index (κ1) is 12.1. The highest BCUT2D eigenvalue weighted by atomic mass is 35.8. The molecule has 0 unspecified atom stereocenters.